The first-order chi connectivity index (χ1) is 10.0. The van der Waals surface area contributed by atoms with Crippen molar-refractivity contribution >= 4 is 28.9 Å². The fourth-order valence-electron chi connectivity index (χ4n) is 2.35. The number of hydrogen-bond acceptors (Lipinski definition) is 5. The molecule has 0 spiro atoms. The van der Waals surface area contributed by atoms with Gasteiger partial charge in [-0.3, -0.25) is 9.69 Å². The first kappa shape index (κ1) is 12.9. The molecule has 0 unspecified atom stereocenters. The number of aromatic nitrogens is 1. The number of pyridine rings is 1. The number of anilines is 4. The van der Waals surface area contributed by atoms with Crippen molar-refractivity contribution in [2.45, 2.75) is 6.42 Å². The van der Waals surface area contributed by atoms with Gasteiger partial charge in [-0.25, -0.2) is 9.37 Å². The molecule has 3 rings (SSSR count). The first-order valence-corrected chi connectivity index (χ1v) is 6.10. The van der Waals surface area contributed by atoms with E-state index >= 15 is 0 Å². The molecule has 1 aromatic carbocycles. The second-order valence-electron chi connectivity index (χ2n) is 4.56. The van der Waals surface area contributed by atoms with Gasteiger partial charge in [0.1, 0.15) is 29.1 Å². The van der Waals surface area contributed by atoms with E-state index in [0.29, 0.717) is 5.56 Å². The monoisotopic (exact) mass is 283 g/mol. The average molecular weight is 283 g/mol. The van der Waals surface area contributed by atoms with Crippen LogP contribution >= 0.6 is 0 Å². The Morgan fingerprint density at radius 1 is 1.33 bits per heavy atom. The maximum absolute atomic E-state index is 13.9. The van der Waals surface area contributed by atoms with E-state index in [4.69, 9.17) is 16.7 Å². The number of para-hydroxylation sites is 1. The van der Waals surface area contributed by atoms with Crippen molar-refractivity contribution in [1.29, 1.82) is 5.26 Å². The summed E-state index contributed by atoms with van der Waals surface area (Å²) in [5.41, 5.74) is 12.2. The lowest BCUT2D eigenvalue weighted by molar-refractivity contribution is -0.116. The standard InChI is InChI=1S/C14H10FN5O/c15-9-3-1-2-4-10(9)20-11(21)5-7-12(17)8(6-16)13(18)19-14(7)20/h1-4H,5H2,(H4,17,18,19). The van der Waals surface area contributed by atoms with E-state index in [-0.39, 0.29) is 40.9 Å². The summed E-state index contributed by atoms with van der Waals surface area (Å²) in [6.45, 7) is 0. The SMILES string of the molecule is N#Cc1c(N)nc2c(c1N)CC(=O)N2c1ccccc1F. The van der Waals surface area contributed by atoms with Crippen LogP contribution in [0.3, 0.4) is 0 Å². The summed E-state index contributed by atoms with van der Waals surface area (Å²) in [7, 11) is 0. The number of halogens is 1. The molecule has 1 aromatic heterocycles. The van der Waals surface area contributed by atoms with E-state index in [9.17, 15) is 9.18 Å². The molecule has 7 heteroatoms. The lowest BCUT2D eigenvalue weighted by atomic mass is 10.1. The summed E-state index contributed by atoms with van der Waals surface area (Å²) in [5.74, 6) is -0.824. The molecule has 1 aliphatic heterocycles. The quantitative estimate of drug-likeness (QED) is 0.823. The third-order valence-electron chi connectivity index (χ3n) is 3.34. The van der Waals surface area contributed by atoms with E-state index in [2.05, 4.69) is 4.98 Å². The molecule has 0 fully saturated rings. The topological polar surface area (TPSA) is 109 Å². The molecule has 2 aromatic rings. The van der Waals surface area contributed by atoms with Gasteiger partial charge in [0.25, 0.3) is 0 Å². The Bertz CT molecular complexity index is 812. The number of nitriles is 1. The van der Waals surface area contributed by atoms with Crippen molar-refractivity contribution in [3.63, 3.8) is 0 Å². The summed E-state index contributed by atoms with van der Waals surface area (Å²) in [4.78, 5) is 17.4. The molecule has 1 aliphatic rings. The molecule has 104 valence electrons. The van der Waals surface area contributed by atoms with Gasteiger partial charge < -0.3 is 11.5 Å². The Labute approximate surface area is 119 Å². The van der Waals surface area contributed by atoms with E-state index in [1.54, 1.807) is 6.07 Å². The van der Waals surface area contributed by atoms with Crippen molar-refractivity contribution < 1.29 is 9.18 Å². The Kier molecular flexibility index (Phi) is 2.73. The molecular formula is C14H10FN5O. The van der Waals surface area contributed by atoms with Crippen molar-refractivity contribution in [2.75, 3.05) is 16.4 Å². The zero-order valence-electron chi connectivity index (χ0n) is 10.8. The summed E-state index contributed by atoms with van der Waals surface area (Å²) < 4.78 is 13.9. The van der Waals surface area contributed by atoms with E-state index in [1.807, 2.05) is 6.07 Å². The van der Waals surface area contributed by atoms with Crippen LogP contribution in [0, 0.1) is 17.1 Å². The lowest BCUT2D eigenvalue weighted by Crippen LogP contribution is -2.22. The second-order valence-corrected chi connectivity index (χ2v) is 4.56. The third-order valence-corrected chi connectivity index (χ3v) is 3.34. The maximum atomic E-state index is 13.9. The van der Waals surface area contributed by atoms with Gasteiger partial charge >= 0.3 is 0 Å². The van der Waals surface area contributed by atoms with Crippen molar-refractivity contribution in [3.8, 4) is 6.07 Å². The van der Waals surface area contributed by atoms with Crippen LogP contribution in [0.2, 0.25) is 0 Å². The summed E-state index contributed by atoms with van der Waals surface area (Å²) >= 11 is 0. The minimum Gasteiger partial charge on any atom is -0.397 e. The van der Waals surface area contributed by atoms with Gasteiger partial charge in [0.05, 0.1) is 17.8 Å². The number of fused-ring (bicyclic) bond motifs is 1. The first-order valence-electron chi connectivity index (χ1n) is 6.10. The average Bonchev–Trinajstić information content (AvgIpc) is 2.77. The van der Waals surface area contributed by atoms with Gasteiger partial charge in [-0.05, 0) is 12.1 Å². The Morgan fingerprint density at radius 3 is 2.71 bits per heavy atom. The van der Waals surface area contributed by atoms with Gasteiger partial charge in [-0.2, -0.15) is 5.26 Å². The van der Waals surface area contributed by atoms with E-state index in [0.717, 1.165) is 4.90 Å². The third kappa shape index (κ3) is 1.77. The zero-order chi connectivity index (χ0) is 15.1. The smallest absolute Gasteiger partial charge is 0.237 e. The fourth-order valence-corrected chi connectivity index (χ4v) is 2.35. The number of carbonyl (C=O) groups excluding carboxylic acids is 1. The molecule has 0 saturated carbocycles. The molecule has 6 nitrogen and oxygen atoms in total. The van der Waals surface area contributed by atoms with Crippen molar-refractivity contribution in [3.05, 3.63) is 41.2 Å². The molecule has 0 bridgehead atoms. The van der Waals surface area contributed by atoms with Gasteiger partial charge in [0.2, 0.25) is 5.91 Å². The second kappa shape index (κ2) is 4.45. The normalized spacial score (nSPS) is 13.1. The van der Waals surface area contributed by atoms with E-state index in [1.165, 1.54) is 18.2 Å². The van der Waals surface area contributed by atoms with Crippen molar-refractivity contribution in [2.24, 2.45) is 0 Å². The van der Waals surface area contributed by atoms with Gasteiger partial charge in [0.15, 0.2) is 0 Å². The zero-order valence-corrected chi connectivity index (χ0v) is 10.8. The predicted molar refractivity (Wildman–Crippen MR) is 75.0 cm³/mol. The Morgan fingerprint density at radius 2 is 2.05 bits per heavy atom. The Hall–Kier alpha value is -3.14. The number of benzene rings is 1. The molecule has 0 atom stereocenters. The molecule has 4 N–H and O–H groups in total. The summed E-state index contributed by atoms with van der Waals surface area (Å²) in [6, 6.07) is 7.71. The van der Waals surface area contributed by atoms with Crippen LogP contribution in [0.25, 0.3) is 0 Å². The van der Waals surface area contributed by atoms with Crippen molar-refractivity contribution in [1.82, 2.24) is 4.98 Å². The number of nitrogen functional groups attached to an aromatic ring is 2. The molecule has 1 amide bonds. The molecular weight excluding hydrogens is 273 g/mol. The highest BCUT2D eigenvalue weighted by Gasteiger charge is 2.34. The van der Waals surface area contributed by atoms with Crippen LogP contribution < -0.4 is 16.4 Å². The number of nitrogens with two attached hydrogens (primary N) is 2. The number of amides is 1. The number of hydrogen-bond donors (Lipinski definition) is 2. The molecule has 0 radical (unpaired) electrons. The summed E-state index contributed by atoms with van der Waals surface area (Å²) in [5, 5.41) is 9.01. The molecule has 21 heavy (non-hydrogen) atoms. The van der Waals surface area contributed by atoms with Gasteiger partial charge in [-0.1, -0.05) is 12.1 Å². The van der Waals surface area contributed by atoms with Crippen LogP contribution in [-0.4, -0.2) is 10.9 Å². The highest BCUT2D eigenvalue weighted by Crippen LogP contribution is 2.40. The van der Waals surface area contributed by atoms with Crippen LogP contribution in [-0.2, 0) is 11.2 Å². The highest BCUT2D eigenvalue weighted by atomic mass is 19.1. The molecule has 0 aliphatic carbocycles. The van der Waals surface area contributed by atoms with Crippen LogP contribution in [0.15, 0.2) is 24.3 Å². The minimum atomic E-state index is -0.554. The molecule has 0 saturated heterocycles. The van der Waals surface area contributed by atoms with Crippen LogP contribution in [0.5, 0.6) is 0 Å². The van der Waals surface area contributed by atoms with Gasteiger partial charge in [-0.15, -0.1) is 0 Å². The number of carbonyl (C=O) groups is 1. The summed E-state index contributed by atoms with van der Waals surface area (Å²) in [6.07, 6.45) is -0.0442. The predicted octanol–water partition coefficient (Wildman–Crippen LogP) is 1.48. The Balaban J connectivity index is 2.25. The fraction of sp³-hybridized carbons (Fsp3) is 0.0714. The number of rotatable bonds is 1. The highest BCUT2D eigenvalue weighted by molar-refractivity contribution is 6.08. The minimum absolute atomic E-state index is 0.0388. The van der Waals surface area contributed by atoms with Gasteiger partial charge in [0, 0.05) is 5.56 Å². The lowest BCUT2D eigenvalue weighted by Gasteiger charge is -2.18. The van der Waals surface area contributed by atoms with Crippen LogP contribution in [0.1, 0.15) is 11.1 Å². The molecule has 2 heterocycles. The van der Waals surface area contributed by atoms with Crippen LogP contribution in [0.4, 0.5) is 27.4 Å². The van der Waals surface area contributed by atoms with E-state index < -0.39 is 5.82 Å². The number of nitrogens with zero attached hydrogens (tertiary/aromatic N) is 3. The maximum Gasteiger partial charge on any atom is 0.237 e. The largest absolute Gasteiger partial charge is 0.397 e.